The SMILES string of the molecule is Nc1cc(Cc2cnn(Cc3ccc(-n4cccn4)cc3)c2)c2n[nH]nc2n1. The second kappa shape index (κ2) is 6.62. The van der Waals surface area contributed by atoms with Gasteiger partial charge in [-0.2, -0.15) is 20.5 Å². The van der Waals surface area contributed by atoms with E-state index in [9.17, 15) is 0 Å². The van der Waals surface area contributed by atoms with E-state index in [1.165, 1.54) is 0 Å². The third kappa shape index (κ3) is 3.09. The number of nitrogens with two attached hydrogens (primary N) is 1. The molecule has 0 aliphatic rings. The average molecular weight is 371 g/mol. The van der Waals surface area contributed by atoms with Crippen molar-refractivity contribution in [3.05, 3.63) is 77.9 Å². The molecule has 0 spiro atoms. The summed E-state index contributed by atoms with van der Waals surface area (Å²) in [6, 6.07) is 12.0. The number of anilines is 1. The van der Waals surface area contributed by atoms with Gasteiger partial charge in [-0.3, -0.25) is 4.68 Å². The Labute approximate surface area is 159 Å². The van der Waals surface area contributed by atoms with Crippen LogP contribution in [0, 0.1) is 0 Å². The zero-order valence-corrected chi connectivity index (χ0v) is 14.9. The maximum absolute atomic E-state index is 5.87. The number of pyridine rings is 1. The Morgan fingerprint density at radius 1 is 1.04 bits per heavy atom. The summed E-state index contributed by atoms with van der Waals surface area (Å²) in [6.07, 6.45) is 8.24. The second-order valence-electron chi connectivity index (χ2n) is 6.54. The standard InChI is InChI=1S/C19H17N9/c20-17-9-15(18-19(23-17)25-26-24-18)8-14-10-22-27(12-14)11-13-2-4-16(5-3-13)28-7-1-6-21-28/h1-7,9-10,12H,8,11H2,(H3,20,23,24,25,26). The quantitative estimate of drug-likeness (QED) is 0.488. The van der Waals surface area contributed by atoms with Crippen molar-refractivity contribution in [1.29, 1.82) is 0 Å². The van der Waals surface area contributed by atoms with Gasteiger partial charge in [0, 0.05) is 25.0 Å². The first-order valence-corrected chi connectivity index (χ1v) is 8.81. The van der Waals surface area contributed by atoms with E-state index in [4.69, 9.17) is 5.73 Å². The summed E-state index contributed by atoms with van der Waals surface area (Å²) in [5.74, 6) is 0.432. The number of nitrogens with one attached hydrogen (secondary N) is 1. The van der Waals surface area contributed by atoms with Crippen LogP contribution in [0.5, 0.6) is 0 Å². The molecule has 0 saturated heterocycles. The normalized spacial score (nSPS) is 11.3. The Hall–Kier alpha value is -4.01. The van der Waals surface area contributed by atoms with Crippen molar-refractivity contribution in [2.75, 3.05) is 5.73 Å². The molecular weight excluding hydrogens is 354 g/mol. The Morgan fingerprint density at radius 2 is 1.93 bits per heavy atom. The predicted molar refractivity (Wildman–Crippen MR) is 104 cm³/mol. The molecule has 4 heterocycles. The van der Waals surface area contributed by atoms with Crippen molar-refractivity contribution in [3.8, 4) is 5.69 Å². The minimum Gasteiger partial charge on any atom is -0.384 e. The number of hydrogen-bond donors (Lipinski definition) is 2. The molecule has 0 radical (unpaired) electrons. The lowest BCUT2D eigenvalue weighted by atomic mass is 10.1. The van der Waals surface area contributed by atoms with E-state index in [0.29, 0.717) is 24.4 Å². The Balaban J connectivity index is 1.33. The fraction of sp³-hybridized carbons (Fsp3) is 0.105. The number of aromatic nitrogens is 8. The summed E-state index contributed by atoms with van der Waals surface area (Å²) in [4.78, 5) is 4.17. The van der Waals surface area contributed by atoms with Crippen molar-refractivity contribution in [2.45, 2.75) is 13.0 Å². The number of nitrogen functional groups attached to an aromatic ring is 1. The zero-order valence-electron chi connectivity index (χ0n) is 14.9. The highest BCUT2D eigenvalue weighted by atomic mass is 15.3. The van der Waals surface area contributed by atoms with Crippen LogP contribution in [0.3, 0.4) is 0 Å². The summed E-state index contributed by atoms with van der Waals surface area (Å²) in [5, 5.41) is 19.5. The van der Waals surface area contributed by atoms with Gasteiger partial charge in [0.1, 0.15) is 11.3 Å². The van der Waals surface area contributed by atoms with Crippen molar-refractivity contribution >= 4 is 17.0 Å². The fourth-order valence-corrected chi connectivity index (χ4v) is 3.22. The molecule has 4 aromatic heterocycles. The first-order valence-electron chi connectivity index (χ1n) is 8.81. The molecule has 0 bridgehead atoms. The van der Waals surface area contributed by atoms with Crippen LogP contribution in [0.2, 0.25) is 0 Å². The van der Waals surface area contributed by atoms with E-state index in [-0.39, 0.29) is 0 Å². The number of hydrogen-bond acceptors (Lipinski definition) is 6. The smallest absolute Gasteiger partial charge is 0.203 e. The number of rotatable bonds is 5. The topological polar surface area (TPSA) is 116 Å². The number of nitrogens with zero attached hydrogens (tertiary/aromatic N) is 7. The summed E-state index contributed by atoms with van der Waals surface area (Å²) in [6.45, 7) is 0.692. The first kappa shape index (κ1) is 16.2. The minimum atomic E-state index is 0.432. The fourth-order valence-electron chi connectivity index (χ4n) is 3.22. The maximum atomic E-state index is 5.87. The third-order valence-corrected chi connectivity index (χ3v) is 4.52. The molecule has 9 heteroatoms. The molecule has 28 heavy (non-hydrogen) atoms. The molecule has 0 aliphatic carbocycles. The van der Waals surface area contributed by atoms with Crippen LogP contribution >= 0.6 is 0 Å². The lowest BCUT2D eigenvalue weighted by Crippen LogP contribution is -2.01. The summed E-state index contributed by atoms with van der Waals surface area (Å²) in [7, 11) is 0. The van der Waals surface area contributed by atoms with Crippen molar-refractivity contribution < 1.29 is 0 Å². The van der Waals surface area contributed by atoms with Gasteiger partial charge >= 0.3 is 0 Å². The molecule has 138 valence electrons. The molecule has 9 nitrogen and oxygen atoms in total. The molecule has 5 rings (SSSR count). The van der Waals surface area contributed by atoms with E-state index >= 15 is 0 Å². The Morgan fingerprint density at radius 3 is 2.75 bits per heavy atom. The van der Waals surface area contributed by atoms with Crippen molar-refractivity contribution in [1.82, 2.24) is 40.0 Å². The van der Waals surface area contributed by atoms with Crippen LogP contribution in [0.15, 0.2) is 61.2 Å². The van der Waals surface area contributed by atoms with Gasteiger partial charge in [-0.25, -0.2) is 9.67 Å². The van der Waals surface area contributed by atoms with E-state index in [1.54, 1.807) is 6.20 Å². The van der Waals surface area contributed by atoms with Crippen LogP contribution in [-0.4, -0.2) is 40.0 Å². The summed E-state index contributed by atoms with van der Waals surface area (Å²) >= 11 is 0. The summed E-state index contributed by atoms with van der Waals surface area (Å²) in [5.41, 5.74) is 11.4. The first-order chi connectivity index (χ1) is 13.7. The lowest BCUT2D eigenvalue weighted by Gasteiger charge is -2.05. The molecule has 3 N–H and O–H groups in total. The average Bonchev–Trinajstić information content (AvgIpc) is 3.44. The van der Waals surface area contributed by atoms with Crippen LogP contribution in [0.25, 0.3) is 16.9 Å². The highest BCUT2D eigenvalue weighted by Crippen LogP contribution is 2.19. The largest absolute Gasteiger partial charge is 0.384 e. The van der Waals surface area contributed by atoms with Crippen LogP contribution in [-0.2, 0) is 13.0 Å². The van der Waals surface area contributed by atoms with E-state index in [2.05, 4.69) is 42.7 Å². The van der Waals surface area contributed by atoms with E-state index < -0.39 is 0 Å². The molecular formula is C19H17N9. The molecule has 5 aromatic rings. The van der Waals surface area contributed by atoms with Crippen molar-refractivity contribution in [3.63, 3.8) is 0 Å². The number of H-pyrrole nitrogens is 1. The van der Waals surface area contributed by atoms with Crippen molar-refractivity contribution in [2.24, 2.45) is 0 Å². The number of benzene rings is 1. The molecule has 0 amide bonds. The highest BCUT2D eigenvalue weighted by Gasteiger charge is 2.10. The van der Waals surface area contributed by atoms with Gasteiger partial charge in [0.15, 0.2) is 0 Å². The molecule has 0 saturated carbocycles. The molecule has 0 atom stereocenters. The third-order valence-electron chi connectivity index (χ3n) is 4.52. The monoisotopic (exact) mass is 371 g/mol. The predicted octanol–water partition coefficient (Wildman–Crippen LogP) is 1.96. The highest BCUT2D eigenvalue weighted by molar-refractivity contribution is 5.76. The van der Waals surface area contributed by atoms with Crippen LogP contribution in [0.1, 0.15) is 16.7 Å². The van der Waals surface area contributed by atoms with Gasteiger partial charge in [0.25, 0.3) is 0 Å². The van der Waals surface area contributed by atoms with Gasteiger partial charge in [-0.05, 0) is 41.0 Å². The van der Waals surface area contributed by atoms with E-state index in [1.807, 2.05) is 52.2 Å². The molecule has 0 aliphatic heterocycles. The Kier molecular flexibility index (Phi) is 3.82. The summed E-state index contributed by atoms with van der Waals surface area (Å²) < 4.78 is 3.75. The molecule has 1 aromatic carbocycles. The van der Waals surface area contributed by atoms with Gasteiger partial charge in [0.2, 0.25) is 5.65 Å². The van der Waals surface area contributed by atoms with E-state index in [0.717, 1.165) is 27.9 Å². The lowest BCUT2D eigenvalue weighted by molar-refractivity contribution is 0.686. The number of aromatic amines is 1. The molecule has 0 unspecified atom stereocenters. The second-order valence-corrected chi connectivity index (χ2v) is 6.54. The van der Waals surface area contributed by atoms with Gasteiger partial charge in [0.05, 0.1) is 18.4 Å². The van der Waals surface area contributed by atoms with Gasteiger partial charge in [-0.15, -0.1) is 5.10 Å². The molecule has 0 fully saturated rings. The maximum Gasteiger partial charge on any atom is 0.203 e. The minimum absolute atomic E-state index is 0.432. The Bertz CT molecular complexity index is 1220. The van der Waals surface area contributed by atoms with Crippen LogP contribution in [0.4, 0.5) is 5.82 Å². The number of fused-ring (bicyclic) bond motifs is 1. The van der Waals surface area contributed by atoms with Gasteiger partial charge < -0.3 is 5.73 Å². The zero-order chi connectivity index (χ0) is 18.9. The van der Waals surface area contributed by atoms with Gasteiger partial charge in [-0.1, -0.05) is 12.1 Å². The van der Waals surface area contributed by atoms with Crippen LogP contribution < -0.4 is 5.73 Å².